The summed E-state index contributed by atoms with van der Waals surface area (Å²) < 4.78 is 32.9. The highest BCUT2D eigenvalue weighted by molar-refractivity contribution is 9.10. The molecule has 0 saturated carbocycles. The fourth-order valence-electron chi connectivity index (χ4n) is 1.45. The van der Waals surface area contributed by atoms with Crippen LogP contribution in [0.4, 0.5) is 8.78 Å². The van der Waals surface area contributed by atoms with Crippen LogP contribution in [0.1, 0.15) is 5.56 Å². The van der Waals surface area contributed by atoms with E-state index in [9.17, 15) is 8.78 Å². The van der Waals surface area contributed by atoms with Gasteiger partial charge in [-0.3, -0.25) is 0 Å². The highest BCUT2D eigenvalue weighted by atomic mass is 79.9. The molecule has 0 saturated heterocycles. The van der Waals surface area contributed by atoms with E-state index in [4.69, 9.17) is 4.74 Å². The minimum Gasteiger partial charge on any atom is -0.485 e. The molecule has 0 radical (unpaired) electrons. The van der Waals surface area contributed by atoms with Gasteiger partial charge in [0.1, 0.15) is 12.4 Å². The molecule has 0 atom stereocenters. The Balaban J connectivity index is 2.16. The highest BCUT2D eigenvalue weighted by Gasteiger charge is 2.11. The molecule has 0 N–H and O–H groups in total. The quantitative estimate of drug-likeness (QED) is 0.725. The van der Waals surface area contributed by atoms with Crippen molar-refractivity contribution in [2.24, 2.45) is 0 Å². The first-order chi connectivity index (χ1) is 8.56. The van der Waals surface area contributed by atoms with Crippen LogP contribution >= 0.6 is 31.9 Å². The normalized spacial score (nSPS) is 10.4. The Morgan fingerprint density at radius 3 is 2.50 bits per heavy atom. The minimum atomic E-state index is -0.725. The van der Waals surface area contributed by atoms with Crippen LogP contribution in [0.15, 0.2) is 45.3 Å². The Morgan fingerprint density at radius 2 is 1.83 bits per heavy atom. The monoisotopic (exact) mass is 376 g/mol. The maximum absolute atomic E-state index is 13.5. The van der Waals surface area contributed by atoms with Crippen molar-refractivity contribution in [2.75, 3.05) is 0 Å². The van der Waals surface area contributed by atoms with Crippen molar-refractivity contribution in [3.8, 4) is 5.75 Å². The third-order valence-electron chi connectivity index (χ3n) is 2.24. The maximum Gasteiger partial charge on any atom is 0.169 e. The molecule has 18 heavy (non-hydrogen) atoms. The molecule has 0 aromatic heterocycles. The van der Waals surface area contributed by atoms with Crippen LogP contribution in [0.3, 0.4) is 0 Å². The summed E-state index contributed by atoms with van der Waals surface area (Å²) >= 11 is 6.41. The summed E-state index contributed by atoms with van der Waals surface area (Å²) in [5.41, 5.74) is 0.889. The van der Waals surface area contributed by atoms with E-state index in [2.05, 4.69) is 31.9 Å². The lowest BCUT2D eigenvalue weighted by Gasteiger charge is -2.09. The van der Waals surface area contributed by atoms with Crippen LogP contribution in [-0.4, -0.2) is 0 Å². The Morgan fingerprint density at radius 1 is 1.06 bits per heavy atom. The molecule has 0 amide bonds. The SMILES string of the molecule is Fc1cc(F)c(OCc2cccc(Br)c2)c(Br)c1. The molecule has 0 unspecified atom stereocenters. The Hall–Kier alpha value is -0.940. The molecule has 0 spiro atoms. The number of rotatable bonds is 3. The van der Waals surface area contributed by atoms with Gasteiger partial charge < -0.3 is 4.74 Å². The lowest BCUT2D eigenvalue weighted by molar-refractivity contribution is 0.287. The van der Waals surface area contributed by atoms with Crippen molar-refractivity contribution in [3.05, 3.63) is 62.5 Å². The largest absolute Gasteiger partial charge is 0.485 e. The molecule has 2 aromatic carbocycles. The van der Waals surface area contributed by atoms with E-state index in [-0.39, 0.29) is 16.8 Å². The predicted molar refractivity (Wildman–Crippen MR) is 72.5 cm³/mol. The van der Waals surface area contributed by atoms with Crippen molar-refractivity contribution in [2.45, 2.75) is 6.61 Å². The smallest absolute Gasteiger partial charge is 0.169 e. The van der Waals surface area contributed by atoms with Crippen molar-refractivity contribution < 1.29 is 13.5 Å². The van der Waals surface area contributed by atoms with Gasteiger partial charge >= 0.3 is 0 Å². The molecule has 5 heteroatoms. The number of halogens is 4. The molecule has 0 aliphatic carbocycles. The summed E-state index contributed by atoms with van der Waals surface area (Å²) in [5.74, 6) is -1.36. The zero-order valence-electron chi connectivity index (χ0n) is 9.09. The Labute approximate surface area is 120 Å². The first-order valence-corrected chi connectivity index (χ1v) is 6.66. The molecule has 2 rings (SSSR count). The van der Waals surface area contributed by atoms with Gasteiger partial charge in [0, 0.05) is 10.5 Å². The van der Waals surface area contributed by atoms with Crippen molar-refractivity contribution in [3.63, 3.8) is 0 Å². The summed E-state index contributed by atoms with van der Waals surface area (Å²) in [4.78, 5) is 0. The number of hydrogen-bond donors (Lipinski definition) is 0. The summed E-state index contributed by atoms with van der Waals surface area (Å²) in [6.07, 6.45) is 0. The van der Waals surface area contributed by atoms with E-state index < -0.39 is 11.6 Å². The van der Waals surface area contributed by atoms with Crippen LogP contribution in [0, 0.1) is 11.6 Å². The van der Waals surface area contributed by atoms with Crippen molar-refractivity contribution in [1.82, 2.24) is 0 Å². The van der Waals surface area contributed by atoms with Gasteiger partial charge in [-0.2, -0.15) is 0 Å². The zero-order chi connectivity index (χ0) is 13.1. The molecular weight excluding hydrogens is 370 g/mol. The van der Waals surface area contributed by atoms with E-state index in [1.165, 1.54) is 6.07 Å². The average molecular weight is 378 g/mol. The number of hydrogen-bond acceptors (Lipinski definition) is 1. The van der Waals surface area contributed by atoms with E-state index in [0.717, 1.165) is 16.1 Å². The minimum absolute atomic E-state index is 0.0105. The van der Waals surface area contributed by atoms with Gasteiger partial charge in [-0.25, -0.2) is 8.78 Å². The van der Waals surface area contributed by atoms with E-state index >= 15 is 0 Å². The average Bonchev–Trinajstić information content (AvgIpc) is 2.27. The van der Waals surface area contributed by atoms with Gasteiger partial charge in [0.2, 0.25) is 0 Å². The second-order valence-electron chi connectivity index (χ2n) is 3.62. The molecule has 2 aromatic rings. The molecule has 0 aliphatic heterocycles. The lowest BCUT2D eigenvalue weighted by atomic mass is 10.2. The van der Waals surface area contributed by atoms with Crippen molar-refractivity contribution >= 4 is 31.9 Å². The number of benzene rings is 2. The second kappa shape index (κ2) is 5.80. The van der Waals surface area contributed by atoms with E-state index in [1.54, 1.807) is 0 Å². The van der Waals surface area contributed by atoms with Crippen LogP contribution in [-0.2, 0) is 6.61 Å². The third kappa shape index (κ3) is 3.29. The fourth-order valence-corrected chi connectivity index (χ4v) is 2.42. The first kappa shape index (κ1) is 13.5. The standard InChI is InChI=1S/C13H8Br2F2O/c14-9-3-1-2-8(4-9)7-18-13-11(15)5-10(16)6-12(13)17/h1-6H,7H2. The van der Waals surface area contributed by atoms with Gasteiger partial charge in [-0.05, 0) is 39.7 Å². The van der Waals surface area contributed by atoms with Crippen LogP contribution in [0.25, 0.3) is 0 Å². The third-order valence-corrected chi connectivity index (χ3v) is 3.32. The molecule has 0 bridgehead atoms. The Kier molecular flexibility index (Phi) is 4.35. The first-order valence-electron chi connectivity index (χ1n) is 5.08. The van der Waals surface area contributed by atoms with Gasteiger partial charge in [0.05, 0.1) is 4.47 Å². The zero-order valence-corrected chi connectivity index (χ0v) is 12.3. The predicted octanol–water partition coefficient (Wildman–Crippen LogP) is 5.07. The summed E-state index contributed by atoms with van der Waals surface area (Å²) in [5, 5.41) is 0. The Bertz CT molecular complexity index is 550. The van der Waals surface area contributed by atoms with Gasteiger partial charge in [0.25, 0.3) is 0 Å². The molecule has 0 aliphatic rings. The van der Waals surface area contributed by atoms with Crippen LogP contribution < -0.4 is 4.74 Å². The van der Waals surface area contributed by atoms with E-state index in [1.807, 2.05) is 24.3 Å². The second-order valence-corrected chi connectivity index (χ2v) is 5.39. The molecule has 1 nitrogen and oxygen atoms in total. The maximum atomic E-state index is 13.5. The summed E-state index contributed by atoms with van der Waals surface area (Å²) in [6.45, 7) is 0.209. The molecule has 0 heterocycles. The summed E-state index contributed by atoms with van der Waals surface area (Å²) in [7, 11) is 0. The molecular formula is C13H8Br2F2O. The molecule has 0 fully saturated rings. The molecule has 94 valence electrons. The van der Waals surface area contributed by atoms with Crippen LogP contribution in [0.5, 0.6) is 5.75 Å². The van der Waals surface area contributed by atoms with Gasteiger partial charge in [-0.15, -0.1) is 0 Å². The lowest BCUT2D eigenvalue weighted by Crippen LogP contribution is -1.99. The van der Waals surface area contributed by atoms with Crippen molar-refractivity contribution in [1.29, 1.82) is 0 Å². The topological polar surface area (TPSA) is 9.23 Å². The van der Waals surface area contributed by atoms with Crippen LogP contribution in [0.2, 0.25) is 0 Å². The van der Waals surface area contributed by atoms with Gasteiger partial charge in [0.15, 0.2) is 11.6 Å². The fraction of sp³-hybridized carbons (Fsp3) is 0.0769. The highest BCUT2D eigenvalue weighted by Crippen LogP contribution is 2.30. The number of ether oxygens (including phenoxy) is 1. The van der Waals surface area contributed by atoms with Gasteiger partial charge in [-0.1, -0.05) is 28.1 Å². The summed E-state index contributed by atoms with van der Waals surface area (Å²) in [6, 6.07) is 9.44. The van der Waals surface area contributed by atoms with E-state index in [0.29, 0.717) is 0 Å².